The van der Waals surface area contributed by atoms with Crippen LogP contribution in [0.15, 0.2) is 28.6 Å². The van der Waals surface area contributed by atoms with Gasteiger partial charge in [-0.2, -0.15) is 0 Å². The standard InChI is InChI=1S/C13H12FN3O3S2/c1-2-20-10(18)7-21-13-17-16-12(22-13)15-11(19)8-3-5-9(14)6-4-8/h3-6H,2,7H2,1H3,(H,15,16,19). The number of ether oxygens (including phenoxy) is 1. The monoisotopic (exact) mass is 341 g/mol. The molecule has 0 atom stereocenters. The highest BCUT2D eigenvalue weighted by molar-refractivity contribution is 8.01. The van der Waals surface area contributed by atoms with E-state index in [0.717, 1.165) is 11.3 Å². The number of carbonyl (C=O) groups is 2. The van der Waals surface area contributed by atoms with Crippen molar-refractivity contribution < 1.29 is 18.7 Å². The van der Waals surface area contributed by atoms with Crippen LogP contribution in [0.3, 0.4) is 0 Å². The van der Waals surface area contributed by atoms with E-state index in [0.29, 0.717) is 21.6 Å². The molecule has 2 aromatic rings. The van der Waals surface area contributed by atoms with Gasteiger partial charge in [0.2, 0.25) is 5.13 Å². The Labute approximate surface area is 134 Å². The van der Waals surface area contributed by atoms with Gasteiger partial charge in [-0.1, -0.05) is 23.1 Å². The Morgan fingerprint density at radius 1 is 1.32 bits per heavy atom. The highest BCUT2D eigenvalue weighted by atomic mass is 32.2. The molecule has 0 aliphatic heterocycles. The summed E-state index contributed by atoms with van der Waals surface area (Å²) in [6.07, 6.45) is 0. The van der Waals surface area contributed by atoms with Crippen LogP contribution in [0.25, 0.3) is 0 Å². The second-order valence-electron chi connectivity index (χ2n) is 3.93. The minimum absolute atomic E-state index is 0.133. The molecule has 0 radical (unpaired) electrons. The van der Waals surface area contributed by atoms with Crippen molar-refractivity contribution in [3.8, 4) is 0 Å². The summed E-state index contributed by atoms with van der Waals surface area (Å²) in [6, 6.07) is 5.16. The minimum atomic E-state index is -0.412. The molecule has 0 saturated heterocycles. The first-order valence-corrected chi connectivity index (χ1v) is 8.07. The lowest BCUT2D eigenvalue weighted by Gasteiger charge is -2.00. The van der Waals surface area contributed by atoms with Crippen LogP contribution in [0, 0.1) is 5.82 Å². The number of esters is 1. The van der Waals surface area contributed by atoms with Gasteiger partial charge in [0.05, 0.1) is 12.4 Å². The number of halogens is 1. The van der Waals surface area contributed by atoms with Gasteiger partial charge in [-0.25, -0.2) is 4.39 Å². The Kier molecular flexibility index (Phi) is 5.84. The first-order chi connectivity index (χ1) is 10.6. The summed E-state index contributed by atoms with van der Waals surface area (Å²) < 4.78 is 18.1. The van der Waals surface area contributed by atoms with E-state index in [4.69, 9.17) is 4.74 Å². The number of benzene rings is 1. The van der Waals surface area contributed by atoms with Crippen molar-refractivity contribution in [3.63, 3.8) is 0 Å². The van der Waals surface area contributed by atoms with Gasteiger partial charge in [0.25, 0.3) is 5.91 Å². The van der Waals surface area contributed by atoms with Crippen LogP contribution in [-0.2, 0) is 9.53 Å². The molecule has 0 fully saturated rings. The third kappa shape index (κ3) is 4.78. The first kappa shape index (κ1) is 16.4. The van der Waals surface area contributed by atoms with Gasteiger partial charge in [0.15, 0.2) is 4.34 Å². The highest BCUT2D eigenvalue weighted by Gasteiger charge is 2.12. The number of carbonyl (C=O) groups excluding carboxylic acids is 2. The van der Waals surface area contributed by atoms with Crippen LogP contribution in [0.4, 0.5) is 9.52 Å². The smallest absolute Gasteiger partial charge is 0.316 e. The molecular weight excluding hydrogens is 329 g/mol. The molecule has 22 heavy (non-hydrogen) atoms. The van der Waals surface area contributed by atoms with E-state index < -0.39 is 11.7 Å². The number of nitrogens with one attached hydrogen (secondary N) is 1. The number of hydrogen-bond donors (Lipinski definition) is 1. The molecule has 0 spiro atoms. The Hall–Kier alpha value is -2.00. The van der Waals surface area contributed by atoms with E-state index >= 15 is 0 Å². The van der Waals surface area contributed by atoms with E-state index in [2.05, 4.69) is 15.5 Å². The maximum absolute atomic E-state index is 12.8. The number of aromatic nitrogens is 2. The van der Waals surface area contributed by atoms with E-state index in [1.54, 1.807) is 6.92 Å². The van der Waals surface area contributed by atoms with Crippen molar-refractivity contribution in [1.82, 2.24) is 10.2 Å². The van der Waals surface area contributed by atoms with Crippen LogP contribution in [-0.4, -0.2) is 34.4 Å². The number of amides is 1. The van der Waals surface area contributed by atoms with Crippen LogP contribution in [0.2, 0.25) is 0 Å². The highest BCUT2D eigenvalue weighted by Crippen LogP contribution is 2.25. The second kappa shape index (κ2) is 7.85. The van der Waals surface area contributed by atoms with Gasteiger partial charge in [0.1, 0.15) is 5.82 Å². The molecule has 1 aromatic heterocycles. The van der Waals surface area contributed by atoms with Gasteiger partial charge in [-0.15, -0.1) is 10.2 Å². The molecule has 9 heteroatoms. The van der Waals surface area contributed by atoms with Gasteiger partial charge < -0.3 is 4.74 Å². The van der Waals surface area contributed by atoms with Crippen molar-refractivity contribution >= 4 is 40.1 Å². The summed E-state index contributed by atoms with van der Waals surface area (Å²) in [6.45, 7) is 2.06. The molecule has 116 valence electrons. The molecule has 0 aliphatic carbocycles. The van der Waals surface area contributed by atoms with Gasteiger partial charge >= 0.3 is 5.97 Å². The van der Waals surface area contributed by atoms with Crippen molar-refractivity contribution in [2.45, 2.75) is 11.3 Å². The van der Waals surface area contributed by atoms with Crippen molar-refractivity contribution in [2.24, 2.45) is 0 Å². The largest absolute Gasteiger partial charge is 0.465 e. The molecular formula is C13H12FN3O3S2. The molecule has 1 heterocycles. The predicted octanol–water partition coefficient (Wildman–Crippen LogP) is 2.58. The normalized spacial score (nSPS) is 10.3. The Morgan fingerprint density at radius 2 is 2.05 bits per heavy atom. The maximum Gasteiger partial charge on any atom is 0.316 e. The molecule has 1 amide bonds. The molecule has 2 rings (SSSR count). The number of hydrogen-bond acceptors (Lipinski definition) is 7. The van der Waals surface area contributed by atoms with Crippen molar-refractivity contribution in [3.05, 3.63) is 35.6 Å². The SMILES string of the molecule is CCOC(=O)CSc1nnc(NC(=O)c2ccc(F)cc2)s1. The molecule has 0 aliphatic rings. The van der Waals surface area contributed by atoms with Gasteiger partial charge in [0, 0.05) is 5.56 Å². The zero-order chi connectivity index (χ0) is 15.9. The topological polar surface area (TPSA) is 81.2 Å². The summed E-state index contributed by atoms with van der Waals surface area (Å²) in [5, 5.41) is 10.5. The lowest BCUT2D eigenvalue weighted by molar-refractivity contribution is -0.139. The summed E-state index contributed by atoms with van der Waals surface area (Å²) in [4.78, 5) is 23.1. The fraction of sp³-hybridized carbons (Fsp3) is 0.231. The molecule has 1 N–H and O–H groups in total. The lowest BCUT2D eigenvalue weighted by atomic mass is 10.2. The van der Waals surface area contributed by atoms with E-state index in [9.17, 15) is 14.0 Å². The van der Waals surface area contributed by atoms with Gasteiger partial charge in [-0.05, 0) is 31.2 Å². The second-order valence-corrected chi connectivity index (χ2v) is 6.13. The van der Waals surface area contributed by atoms with Crippen molar-refractivity contribution in [2.75, 3.05) is 17.7 Å². The maximum atomic E-state index is 12.8. The van der Waals surface area contributed by atoms with E-state index in [1.807, 2.05) is 0 Å². The number of nitrogens with zero attached hydrogens (tertiary/aromatic N) is 2. The zero-order valence-corrected chi connectivity index (χ0v) is 13.2. The quantitative estimate of drug-likeness (QED) is 0.494. The summed E-state index contributed by atoms with van der Waals surface area (Å²) in [7, 11) is 0. The molecule has 0 bridgehead atoms. The fourth-order valence-electron chi connectivity index (χ4n) is 1.41. The zero-order valence-electron chi connectivity index (χ0n) is 11.5. The fourth-order valence-corrected chi connectivity index (χ4v) is 2.96. The number of rotatable bonds is 6. The van der Waals surface area contributed by atoms with Crippen LogP contribution in [0.5, 0.6) is 0 Å². The minimum Gasteiger partial charge on any atom is -0.465 e. The van der Waals surface area contributed by atoms with Gasteiger partial charge in [-0.3, -0.25) is 14.9 Å². The molecule has 0 saturated carbocycles. The van der Waals surface area contributed by atoms with Crippen LogP contribution in [0.1, 0.15) is 17.3 Å². The molecule has 1 aromatic carbocycles. The van der Waals surface area contributed by atoms with Crippen LogP contribution < -0.4 is 5.32 Å². The van der Waals surface area contributed by atoms with E-state index in [-0.39, 0.29) is 11.7 Å². The first-order valence-electron chi connectivity index (χ1n) is 6.27. The molecule has 6 nitrogen and oxygen atoms in total. The summed E-state index contributed by atoms with van der Waals surface area (Å²) in [5.41, 5.74) is 0.317. The Bertz CT molecular complexity index is 661. The number of anilines is 1. The van der Waals surface area contributed by atoms with Crippen molar-refractivity contribution in [1.29, 1.82) is 0 Å². The van der Waals surface area contributed by atoms with E-state index in [1.165, 1.54) is 36.0 Å². The molecule has 0 unspecified atom stereocenters. The predicted molar refractivity (Wildman–Crippen MR) is 81.6 cm³/mol. The number of thioether (sulfide) groups is 1. The van der Waals surface area contributed by atoms with Crippen LogP contribution >= 0.6 is 23.1 Å². The third-order valence-electron chi connectivity index (χ3n) is 2.35. The summed E-state index contributed by atoms with van der Waals surface area (Å²) >= 11 is 2.33. The summed E-state index contributed by atoms with van der Waals surface area (Å²) in [5.74, 6) is -1.02. The Balaban J connectivity index is 1.90. The lowest BCUT2D eigenvalue weighted by Crippen LogP contribution is -2.11. The average Bonchev–Trinajstić information content (AvgIpc) is 2.93. The average molecular weight is 341 g/mol. The Morgan fingerprint density at radius 3 is 2.73 bits per heavy atom. The third-order valence-corrected chi connectivity index (χ3v) is 4.30.